The van der Waals surface area contributed by atoms with E-state index >= 15 is 0 Å². The lowest BCUT2D eigenvalue weighted by molar-refractivity contribution is 0.0277. The fourth-order valence-electron chi connectivity index (χ4n) is 2.79. The number of carbonyl (C=O) groups is 1. The molecule has 4 heteroatoms. The number of carbonyl (C=O) groups excluding carboxylic acids is 1. The van der Waals surface area contributed by atoms with Crippen molar-refractivity contribution in [1.82, 2.24) is 4.90 Å². The predicted molar refractivity (Wildman–Crippen MR) is 89.6 cm³/mol. The molecule has 0 spiro atoms. The zero-order valence-corrected chi connectivity index (χ0v) is 14.0. The van der Waals surface area contributed by atoms with Crippen LogP contribution >= 0.6 is 0 Å². The first-order chi connectivity index (χ1) is 10.8. The summed E-state index contributed by atoms with van der Waals surface area (Å²) in [4.78, 5) is 14.2. The van der Waals surface area contributed by atoms with Crippen LogP contribution < -0.4 is 0 Å². The summed E-state index contributed by atoms with van der Waals surface area (Å²) in [6, 6.07) is 6.45. The number of amides is 1. The molecule has 0 bridgehead atoms. The van der Waals surface area contributed by atoms with Crippen molar-refractivity contribution in [2.45, 2.75) is 45.1 Å². The van der Waals surface area contributed by atoms with Gasteiger partial charge in [0.1, 0.15) is 11.4 Å². The molecular formula is C19H24FNO2. The molecule has 2 rings (SSSR count). The Hall–Kier alpha value is -2.10. The van der Waals surface area contributed by atoms with Gasteiger partial charge in [-0.3, -0.25) is 4.90 Å². The number of rotatable bonds is 2. The van der Waals surface area contributed by atoms with E-state index in [-0.39, 0.29) is 17.8 Å². The Balaban J connectivity index is 2.30. The molecule has 3 nitrogen and oxygen atoms in total. The lowest BCUT2D eigenvalue weighted by Crippen LogP contribution is -2.40. The van der Waals surface area contributed by atoms with Gasteiger partial charge in [-0.25, -0.2) is 9.18 Å². The first-order valence-electron chi connectivity index (χ1n) is 7.90. The van der Waals surface area contributed by atoms with Gasteiger partial charge in [-0.15, -0.1) is 0 Å². The van der Waals surface area contributed by atoms with Crippen LogP contribution in [0.15, 0.2) is 48.7 Å². The smallest absolute Gasteiger partial charge is 0.414 e. The maximum Gasteiger partial charge on any atom is 0.414 e. The van der Waals surface area contributed by atoms with Crippen LogP contribution in [0.1, 0.15) is 45.1 Å². The Bertz CT molecular complexity index is 599. The monoisotopic (exact) mass is 317 g/mol. The molecule has 1 saturated heterocycles. The van der Waals surface area contributed by atoms with Crippen molar-refractivity contribution >= 4 is 6.09 Å². The second-order valence-electron chi connectivity index (χ2n) is 6.71. The second kappa shape index (κ2) is 6.99. The van der Waals surface area contributed by atoms with E-state index in [1.54, 1.807) is 23.1 Å². The Morgan fingerprint density at radius 2 is 2.00 bits per heavy atom. The first kappa shape index (κ1) is 17.3. The third-order valence-electron chi connectivity index (χ3n) is 3.72. The van der Waals surface area contributed by atoms with Crippen LogP contribution in [0.2, 0.25) is 0 Å². The van der Waals surface area contributed by atoms with Crippen LogP contribution in [-0.4, -0.2) is 23.1 Å². The number of likely N-dealkylation sites (tertiary alicyclic amines) is 1. The SMILES string of the molecule is C=CC=C1C(c2ccc(F)cc2)CCCN1C(=O)OC(C)(C)C. The topological polar surface area (TPSA) is 29.5 Å². The number of hydrogen-bond donors (Lipinski definition) is 0. The summed E-state index contributed by atoms with van der Waals surface area (Å²) in [7, 11) is 0. The minimum absolute atomic E-state index is 0.0369. The molecule has 124 valence electrons. The van der Waals surface area contributed by atoms with Crippen LogP contribution in [-0.2, 0) is 4.74 Å². The number of allylic oxidation sites excluding steroid dienone is 3. The fourth-order valence-corrected chi connectivity index (χ4v) is 2.79. The minimum Gasteiger partial charge on any atom is -0.443 e. The molecule has 0 aliphatic carbocycles. The van der Waals surface area contributed by atoms with Crippen molar-refractivity contribution in [2.24, 2.45) is 0 Å². The summed E-state index contributed by atoms with van der Waals surface area (Å²) in [5, 5.41) is 0. The highest BCUT2D eigenvalue weighted by Gasteiger charge is 2.32. The third-order valence-corrected chi connectivity index (χ3v) is 3.72. The highest BCUT2D eigenvalue weighted by atomic mass is 19.1. The van der Waals surface area contributed by atoms with Crippen molar-refractivity contribution < 1.29 is 13.9 Å². The molecule has 1 unspecified atom stereocenters. The average Bonchev–Trinajstić information content (AvgIpc) is 2.47. The van der Waals surface area contributed by atoms with Crippen molar-refractivity contribution in [3.63, 3.8) is 0 Å². The number of ether oxygens (including phenoxy) is 1. The van der Waals surface area contributed by atoms with Crippen LogP contribution in [0.3, 0.4) is 0 Å². The third kappa shape index (κ3) is 4.44. The summed E-state index contributed by atoms with van der Waals surface area (Å²) < 4.78 is 18.7. The molecule has 1 amide bonds. The van der Waals surface area contributed by atoms with E-state index < -0.39 is 5.60 Å². The highest BCUT2D eigenvalue weighted by molar-refractivity contribution is 5.71. The molecule has 0 N–H and O–H groups in total. The van der Waals surface area contributed by atoms with Crippen molar-refractivity contribution in [3.05, 3.63) is 60.1 Å². The summed E-state index contributed by atoms with van der Waals surface area (Å²) in [5.41, 5.74) is 1.30. The summed E-state index contributed by atoms with van der Waals surface area (Å²) >= 11 is 0. The van der Waals surface area contributed by atoms with Gasteiger partial charge in [0.25, 0.3) is 0 Å². The van der Waals surface area contributed by atoms with E-state index in [0.717, 1.165) is 24.1 Å². The van der Waals surface area contributed by atoms with Gasteiger partial charge in [0, 0.05) is 18.2 Å². The van der Waals surface area contributed by atoms with E-state index in [9.17, 15) is 9.18 Å². The molecule has 1 aliphatic rings. The number of hydrogen-bond acceptors (Lipinski definition) is 2. The standard InChI is InChI=1S/C19H24FNO2/c1-5-7-17-16(14-9-11-15(20)12-10-14)8-6-13-21(17)18(22)23-19(2,3)4/h5,7,9-12,16H,1,6,8,13H2,2-4H3. The molecule has 23 heavy (non-hydrogen) atoms. The predicted octanol–water partition coefficient (Wildman–Crippen LogP) is 5.01. The largest absolute Gasteiger partial charge is 0.443 e. The lowest BCUT2D eigenvalue weighted by atomic mass is 9.87. The number of nitrogens with zero attached hydrogens (tertiary/aromatic N) is 1. The highest BCUT2D eigenvalue weighted by Crippen LogP contribution is 2.36. The minimum atomic E-state index is -0.542. The number of halogens is 1. The number of benzene rings is 1. The molecule has 1 atom stereocenters. The van der Waals surface area contributed by atoms with Crippen molar-refractivity contribution in [3.8, 4) is 0 Å². The van der Waals surface area contributed by atoms with Gasteiger partial charge in [0.05, 0.1) is 0 Å². The van der Waals surface area contributed by atoms with Gasteiger partial charge < -0.3 is 4.74 Å². The van der Waals surface area contributed by atoms with Crippen molar-refractivity contribution in [1.29, 1.82) is 0 Å². The Labute approximate surface area is 137 Å². The van der Waals surface area contributed by atoms with E-state index in [2.05, 4.69) is 6.58 Å². The lowest BCUT2D eigenvalue weighted by Gasteiger charge is -2.36. The molecule has 1 fully saturated rings. The maximum atomic E-state index is 13.2. The van der Waals surface area contributed by atoms with Gasteiger partial charge >= 0.3 is 6.09 Å². The van der Waals surface area contributed by atoms with E-state index in [4.69, 9.17) is 4.74 Å². The normalized spacial score (nSPS) is 20.4. The molecule has 0 aromatic heterocycles. The Morgan fingerprint density at radius 1 is 1.35 bits per heavy atom. The van der Waals surface area contributed by atoms with Gasteiger partial charge in [-0.1, -0.05) is 24.8 Å². The quantitative estimate of drug-likeness (QED) is 0.767. The van der Waals surface area contributed by atoms with E-state index in [1.807, 2.05) is 26.8 Å². The molecule has 1 aromatic carbocycles. The van der Waals surface area contributed by atoms with Gasteiger partial charge in [-0.2, -0.15) is 0 Å². The number of piperidine rings is 1. The molecule has 0 saturated carbocycles. The van der Waals surface area contributed by atoms with Crippen molar-refractivity contribution in [2.75, 3.05) is 6.54 Å². The van der Waals surface area contributed by atoms with Gasteiger partial charge in [0.15, 0.2) is 0 Å². The second-order valence-corrected chi connectivity index (χ2v) is 6.71. The molecule has 1 heterocycles. The Morgan fingerprint density at radius 3 is 2.57 bits per heavy atom. The van der Waals surface area contributed by atoms with Crippen LogP contribution in [0, 0.1) is 5.82 Å². The zero-order chi connectivity index (χ0) is 17.0. The van der Waals surface area contributed by atoms with Gasteiger partial charge in [-0.05, 0) is 57.4 Å². The van der Waals surface area contributed by atoms with E-state index in [1.165, 1.54) is 12.1 Å². The molecule has 1 aliphatic heterocycles. The Kier molecular flexibility index (Phi) is 5.24. The fraction of sp³-hybridized carbons (Fsp3) is 0.421. The first-order valence-corrected chi connectivity index (χ1v) is 7.90. The van der Waals surface area contributed by atoms with Crippen LogP contribution in [0.25, 0.3) is 0 Å². The molecule has 1 aromatic rings. The molecule has 0 radical (unpaired) electrons. The van der Waals surface area contributed by atoms with Gasteiger partial charge in [0.2, 0.25) is 0 Å². The molecular weight excluding hydrogens is 293 g/mol. The average molecular weight is 317 g/mol. The summed E-state index contributed by atoms with van der Waals surface area (Å²) in [6.45, 7) is 9.92. The maximum absolute atomic E-state index is 13.2. The van der Waals surface area contributed by atoms with Crippen LogP contribution in [0.5, 0.6) is 0 Å². The van der Waals surface area contributed by atoms with Crippen LogP contribution in [0.4, 0.5) is 9.18 Å². The summed E-state index contributed by atoms with van der Waals surface area (Å²) in [6.07, 6.45) is 4.95. The summed E-state index contributed by atoms with van der Waals surface area (Å²) in [5.74, 6) is -0.224. The van der Waals surface area contributed by atoms with E-state index in [0.29, 0.717) is 6.54 Å². The zero-order valence-electron chi connectivity index (χ0n) is 14.0.